The van der Waals surface area contributed by atoms with Crippen molar-refractivity contribution in [2.24, 2.45) is 11.7 Å². The fourth-order valence-corrected chi connectivity index (χ4v) is 3.28. The smallest absolute Gasteiger partial charge is 0.0678 e. The quantitative estimate of drug-likeness (QED) is 0.817. The van der Waals surface area contributed by atoms with Gasteiger partial charge in [-0.3, -0.25) is 4.90 Å². The minimum Gasteiger partial charge on any atom is -0.373 e. The predicted molar refractivity (Wildman–Crippen MR) is 71.0 cm³/mol. The summed E-state index contributed by atoms with van der Waals surface area (Å²) in [6.07, 6.45) is 6.18. The molecule has 2 N–H and O–H groups in total. The summed E-state index contributed by atoms with van der Waals surface area (Å²) in [5.41, 5.74) is 6.25. The van der Waals surface area contributed by atoms with Crippen LogP contribution in [0, 0.1) is 5.92 Å². The molecular weight excluding hydrogens is 212 g/mol. The third kappa shape index (κ3) is 3.01. The van der Waals surface area contributed by atoms with Crippen LogP contribution in [0.2, 0.25) is 0 Å². The van der Waals surface area contributed by atoms with Crippen LogP contribution in [-0.2, 0) is 4.74 Å². The van der Waals surface area contributed by atoms with Crippen molar-refractivity contribution in [3.8, 4) is 0 Å². The minimum atomic E-state index is 0.178. The van der Waals surface area contributed by atoms with Crippen molar-refractivity contribution >= 4 is 0 Å². The first-order valence-electron chi connectivity index (χ1n) is 7.14. The van der Waals surface area contributed by atoms with Crippen molar-refractivity contribution in [1.82, 2.24) is 4.90 Å². The van der Waals surface area contributed by atoms with E-state index in [9.17, 15) is 0 Å². The molecule has 0 amide bonds. The standard InChI is InChI=1S/C14H28N2O/c1-11-8-16(9-12(2)17-11)14(3,10-15)7-13-5-4-6-13/h11-13H,4-10,15H2,1-3H3/t11-,12+,14?. The van der Waals surface area contributed by atoms with Gasteiger partial charge in [0.25, 0.3) is 0 Å². The van der Waals surface area contributed by atoms with E-state index in [1.807, 2.05) is 0 Å². The molecule has 0 aromatic rings. The van der Waals surface area contributed by atoms with Crippen molar-refractivity contribution in [1.29, 1.82) is 0 Å². The average Bonchev–Trinajstić information content (AvgIpc) is 2.22. The molecule has 0 bridgehead atoms. The zero-order valence-corrected chi connectivity index (χ0v) is 11.6. The van der Waals surface area contributed by atoms with E-state index in [0.29, 0.717) is 12.2 Å². The number of hydrogen-bond donors (Lipinski definition) is 1. The second kappa shape index (κ2) is 5.25. The highest BCUT2D eigenvalue weighted by Crippen LogP contribution is 2.36. The molecule has 1 aliphatic heterocycles. The van der Waals surface area contributed by atoms with E-state index in [1.54, 1.807) is 0 Å². The first kappa shape index (κ1) is 13.3. The van der Waals surface area contributed by atoms with E-state index < -0.39 is 0 Å². The normalized spacial score (nSPS) is 35.3. The van der Waals surface area contributed by atoms with Gasteiger partial charge in [-0.1, -0.05) is 19.3 Å². The van der Waals surface area contributed by atoms with Gasteiger partial charge in [0, 0.05) is 25.2 Å². The van der Waals surface area contributed by atoms with Crippen molar-refractivity contribution in [2.45, 2.75) is 64.2 Å². The average molecular weight is 240 g/mol. The zero-order chi connectivity index (χ0) is 12.5. The van der Waals surface area contributed by atoms with Gasteiger partial charge in [0.1, 0.15) is 0 Å². The lowest BCUT2D eigenvalue weighted by atomic mass is 9.75. The molecule has 2 aliphatic rings. The highest BCUT2D eigenvalue weighted by atomic mass is 16.5. The molecule has 1 aliphatic carbocycles. The molecular formula is C14H28N2O. The zero-order valence-electron chi connectivity index (χ0n) is 11.6. The predicted octanol–water partition coefficient (Wildman–Crippen LogP) is 2.00. The molecule has 1 saturated carbocycles. The third-order valence-corrected chi connectivity index (χ3v) is 4.58. The van der Waals surface area contributed by atoms with Crippen LogP contribution in [0.1, 0.15) is 46.5 Å². The number of nitrogens with zero attached hydrogens (tertiary/aromatic N) is 1. The Labute approximate surface area is 106 Å². The second-order valence-electron chi connectivity index (χ2n) is 6.36. The Bertz CT molecular complexity index is 245. The monoisotopic (exact) mass is 240 g/mol. The number of ether oxygens (including phenoxy) is 1. The molecule has 0 aromatic heterocycles. The summed E-state index contributed by atoms with van der Waals surface area (Å²) in [7, 11) is 0. The van der Waals surface area contributed by atoms with E-state index in [1.165, 1.54) is 25.7 Å². The molecule has 2 rings (SSSR count). The van der Waals surface area contributed by atoms with E-state index in [4.69, 9.17) is 10.5 Å². The van der Waals surface area contributed by atoms with Gasteiger partial charge in [-0.2, -0.15) is 0 Å². The fourth-order valence-electron chi connectivity index (χ4n) is 3.28. The number of nitrogens with two attached hydrogens (primary N) is 1. The van der Waals surface area contributed by atoms with Crippen LogP contribution in [0.5, 0.6) is 0 Å². The van der Waals surface area contributed by atoms with E-state index in [0.717, 1.165) is 25.6 Å². The van der Waals surface area contributed by atoms with Gasteiger partial charge in [0.2, 0.25) is 0 Å². The molecule has 3 atom stereocenters. The Morgan fingerprint density at radius 2 is 1.82 bits per heavy atom. The van der Waals surface area contributed by atoms with Gasteiger partial charge in [-0.25, -0.2) is 0 Å². The second-order valence-corrected chi connectivity index (χ2v) is 6.36. The first-order valence-corrected chi connectivity index (χ1v) is 7.14. The van der Waals surface area contributed by atoms with Gasteiger partial charge in [0.15, 0.2) is 0 Å². The Kier molecular flexibility index (Phi) is 4.11. The largest absolute Gasteiger partial charge is 0.373 e. The summed E-state index contributed by atoms with van der Waals surface area (Å²) in [6.45, 7) is 9.51. The summed E-state index contributed by atoms with van der Waals surface area (Å²) in [5, 5.41) is 0. The fraction of sp³-hybridized carbons (Fsp3) is 1.00. The van der Waals surface area contributed by atoms with Crippen molar-refractivity contribution < 1.29 is 4.74 Å². The van der Waals surface area contributed by atoms with Crippen LogP contribution in [0.3, 0.4) is 0 Å². The van der Waals surface area contributed by atoms with Crippen LogP contribution < -0.4 is 5.73 Å². The molecule has 100 valence electrons. The molecule has 2 fully saturated rings. The van der Waals surface area contributed by atoms with Crippen LogP contribution in [0.4, 0.5) is 0 Å². The summed E-state index contributed by atoms with van der Waals surface area (Å²) >= 11 is 0. The first-order chi connectivity index (χ1) is 8.03. The van der Waals surface area contributed by atoms with Crippen LogP contribution in [0.15, 0.2) is 0 Å². The maximum absolute atomic E-state index is 6.07. The summed E-state index contributed by atoms with van der Waals surface area (Å²) in [6, 6.07) is 0. The maximum Gasteiger partial charge on any atom is 0.0678 e. The molecule has 1 heterocycles. The van der Waals surface area contributed by atoms with Crippen LogP contribution in [-0.4, -0.2) is 42.3 Å². The lowest BCUT2D eigenvalue weighted by Gasteiger charge is -2.48. The molecule has 1 unspecified atom stereocenters. The minimum absolute atomic E-state index is 0.178. The highest BCUT2D eigenvalue weighted by molar-refractivity contribution is 4.94. The summed E-state index contributed by atoms with van der Waals surface area (Å²) < 4.78 is 5.82. The number of rotatable bonds is 4. The van der Waals surface area contributed by atoms with E-state index >= 15 is 0 Å². The molecule has 0 spiro atoms. The topological polar surface area (TPSA) is 38.5 Å². The van der Waals surface area contributed by atoms with E-state index in [-0.39, 0.29) is 5.54 Å². The Balaban J connectivity index is 1.99. The van der Waals surface area contributed by atoms with E-state index in [2.05, 4.69) is 25.7 Å². The molecule has 0 radical (unpaired) electrons. The highest BCUT2D eigenvalue weighted by Gasteiger charge is 2.38. The molecule has 3 nitrogen and oxygen atoms in total. The van der Waals surface area contributed by atoms with Crippen molar-refractivity contribution in [2.75, 3.05) is 19.6 Å². The lowest BCUT2D eigenvalue weighted by molar-refractivity contribution is -0.103. The van der Waals surface area contributed by atoms with Gasteiger partial charge in [-0.15, -0.1) is 0 Å². The van der Waals surface area contributed by atoms with Gasteiger partial charge >= 0.3 is 0 Å². The summed E-state index contributed by atoms with van der Waals surface area (Å²) in [5.74, 6) is 0.914. The third-order valence-electron chi connectivity index (χ3n) is 4.58. The SMILES string of the molecule is C[C@@H]1CN(C(C)(CN)CC2CCC2)C[C@H](C)O1. The summed E-state index contributed by atoms with van der Waals surface area (Å²) in [4.78, 5) is 2.57. The molecule has 0 aromatic carbocycles. The maximum atomic E-state index is 6.07. The molecule has 17 heavy (non-hydrogen) atoms. The molecule has 3 heteroatoms. The molecule has 1 saturated heterocycles. The van der Waals surface area contributed by atoms with Gasteiger partial charge in [-0.05, 0) is 33.1 Å². The van der Waals surface area contributed by atoms with Gasteiger partial charge in [0.05, 0.1) is 12.2 Å². The van der Waals surface area contributed by atoms with Crippen LogP contribution in [0.25, 0.3) is 0 Å². The Morgan fingerprint density at radius 3 is 2.24 bits per heavy atom. The van der Waals surface area contributed by atoms with Gasteiger partial charge < -0.3 is 10.5 Å². The number of morpholine rings is 1. The lowest BCUT2D eigenvalue weighted by Crippen LogP contribution is -2.60. The Morgan fingerprint density at radius 1 is 1.24 bits per heavy atom. The van der Waals surface area contributed by atoms with Crippen LogP contribution >= 0.6 is 0 Å². The van der Waals surface area contributed by atoms with Crippen molar-refractivity contribution in [3.63, 3.8) is 0 Å². The van der Waals surface area contributed by atoms with Crippen molar-refractivity contribution in [3.05, 3.63) is 0 Å². The Hall–Kier alpha value is -0.120. The number of hydrogen-bond acceptors (Lipinski definition) is 3.